The SMILES string of the molecule is CNS(=O)(=O)c1ccccc1N1CCN(CC(=O)NC2CC2)CC1. The molecule has 2 N–H and O–H groups in total. The maximum Gasteiger partial charge on any atom is 0.242 e. The quantitative estimate of drug-likeness (QED) is 0.753. The Kier molecular flexibility index (Phi) is 5.07. The fraction of sp³-hybridized carbons (Fsp3) is 0.562. The van der Waals surface area contributed by atoms with Gasteiger partial charge in [0.05, 0.1) is 12.2 Å². The van der Waals surface area contributed by atoms with E-state index in [-0.39, 0.29) is 5.91 Å². The van der Waals surface area contributed by atoms with Crippen LogP contribution in [0, 0.1) is 0 Å². The first-order valence-corrected chi connectivity index (χ1v) is 9.77. The van der Waals surface area contributed by atoms with E-state index in [4.69, 9.17) is 0 Å². The molecule has 1 saturated heterocycles. The number of nitrogens with zero attached hydrogens (tertiary/aromatic N) is 2. The van der Waals surface area contributed by atoms with Crippen LogP contribution in [0.2, 0.25) is 0 Å². The van der Waals surface area contributed by atoms with Crippen molar-refractivity contribution in [2.45, 2.75) is 23.8 Å². The summed E-state index contributed by atoms with van der Waals surface area (Å²) in [6.07, 6.45) is 2.19. The van der Waals surface area contributed by atoms with Gasteiger partial charge in [-0.15, -0.1) is 0 Å². The predicted octanol–water partition coefficient (Wildman–Crippen LogP) is -0.00470. The Hall–Kier alpha value is -1.64. The van der Waals surface area contributed by atoms with Crippen LogP contribution in [0.3, 0.4) is 0 Å². The second kappa shape index (κ2) is 7.08. The first-order valence-electron chi connectivity index (χ1n) is 8.29. The van der Waals surface area contributed by atoms with Crippen LogP contribution in [0.25, 0.3) is 0 Å². The normalized spacial score (nSPS) is 19.3. The lowest BCUT2D eigenvalue weighted by molar-refractivity contribution is -0.122. The number of piperazine rings is 1. The summed E-state index contributed by atoms with van der Waals surface area (Å²) in [5.41, 5.74) is 0.717. The van der Waals surface area contributed by atoms with Crippen LogP contribution in [0.4, 0.5) is 5.69 Å². The van der Waals surface area contributed by atoms with Gasteiger partial charge in [-0.3, -0.25) is 9.69 Å². The average Bonchev–Trinajstić information content (AvgIpc) is 3.39. The molecule has 1 amide bonds. The molecule has 0 atom stereocenters. The third-order valence-electron chi connectivity index (χ3n) is 4.45. The number of nitrogens with one attached hydrogen (secondary N) is 2. The van der Waals surface area contributed by atoms with E-state index in [1.807, 2.05) is 12.1 Å². The Balaban J connectivity index is 1.61. The highest BCUT2D eigenvalue weighted by Gasteiger charge is 2.26. The summed E-state index contributed by atoms with van der Waals surface area (Å²) in [7, 11) is -2.07. The van der Waals surface area contributed by atoms with Gasteiger partial charge >= 0.3 is 0 Å². The summed E-state index contributed by atoms with van der Waals surface area (Å²) in [5.74, 6) is 0.0871. The number of sulfonamides is 1. The summed E-state index contributed by atoms with van der Waals surface area (Å²) in [4.78, 5) is 16.4. The van der Waals surface area contributed by atoms with Gasteiger partial charge in [0, 0.05) is 32.2 Å². The van der Waals surface area contributed by atoms with E-state index in [1.54, 1.807) is 12.1 Å². The molecule has 2 fully saturated rings. The van der Waals surface area contributed by atoms with E-state index >= 15 is 0 Å². The minimum atomic E-state index is -3.49. The number of hydrogen-bond donors (Lipinski definition) is 2. The highest BCUT2D eigenvalue weighted by Crippen LogP contribution is 2.25. The van der Waals surface area contributed by atoms with Crippen LogP contribution in [-0.2, 0) is 14.8 Å². The number of benzene rings is 1. The molecule has 2 aliphatic rings. The Morgan fingerprint density at radius 2 is 1.83 bits per heavy atom. The predicted molar refractivity (Wildman–Crippen MR) is 92.5 cm³/mol. The summed E-state index contributed by atoms with van der Waals surface area (Å²) in [5, 5.41) is 3.00. The summed E-state index contributed by atoms with van der Waals surface area (Å²) < 4.78 is 26.7. The second-order valence-electron chi connectivity index (χ2n) is 6.28. The van der Waals surface area contributed by atoms with Gasteiger partial charge in [0.1, 0.15) is 4.90 Å². The molecule has 0 bridgehead atoms. The molecule has 0 spiro atoms. The molecule has 1 aliphatic heterocycles. The molecular weight excluding hydrogens is 328 g/mol. The molecule has 1 heterocycles. The Labute approximate surface area is 143 Å². The highest BCUT2D eigenvalue weighted by atomic mass is 32.2. The summed E-state index contributed by atoms with van der Waals surface area (Å²) in [6.45, 7) is 3.30. The van der Waals surface area contributed by atoms with Crippen LogP contribution in [0.15, 0.2) is 29.2 Å². The molecule has 1 aliphatic carbocycles. The molecule has 0 radical (unpaired) electrons. The average molecular weight is 352 g/mol. The van der Waals surface area contributed by atoms with Crippen LogP contribution < -0.4 is 14.9 Å². The zero-order valence-corrected chi connectivity index (χ0v) is 14.7. The van der Waals surface area contributed by atoms with Crippen LogP contribution in [-0.4, -0.2) is 65.0 Å². The zero-order chi connectivity index (χ0) is 17.2. The third kappa shape index (κ3) is 4.06. The largest absolute Gasteiger partial charge is 0.368 e. The molecule has 1 saturated carbocycles. The number of anilines is 1. The number of hydrogen-bond acceptors (Lipinski definition) is 5. The number of amides is 1. The van der Waals surface area contributed by atoms with Crippen molar-refractivity contribution in [1.29, 1.82) is 0 Å². The number of carbonyl (C=O) groups excluding carboxylic acids is 1. The molecular formula is C16H24N4O3S. The van der Waals surface area contributed by atoms with E-state index in [0.29, 0.717) is 36.3 Å². The summed E-state index contributed by atoms with van der Waals surface area (Å²) >= 11 is 0. The van der Waals surface area contributed by atoms with E-state index in [0.717, 1.165) is 25.9 Å². The fourth-order valence-corrected chi connectivity index (χ4v) is 3.86. The lowest BCUT2D eigenvalue weighted by Gasteiger charge is -2.36. The van der Waals surface area contributed by atoms with E-state index in [2.05, 4.69) is 19.8 Å². The van der Waals surface area contributed by atoms with Crippen LogP contribution in [0.5, 0.6) is 0 Å². The van der Waals surface area contributed by atoms with Crippen molar-refractivity contribution in [2.24, 2.45) is 0 Å². The fourth-order valence-electron chi connectivity index (χ4n) is 2.91. The molecule has 0 aromatic heterocycles. The smallest absolute Gasteiger partial charge is 0.242 e. The van der Waals surface area contributed by atoms with E-state index in [1.165, 1.54) is 7.05 Å². The summed E-state index contributed by atoms with van der Waals surface area (Å²) in [6, 6.07) is 7.42. The molecule has 132 valence electrons. The van der Waals surface area contributed by atoms with E-state index < -0.39 is 10.0 Å². The van der Waals surface area contributed by atoms with Gasteiger partial charge < -0.3 is 10.2 Å². The first-order chi connectivity index (χ1) is 11.5. The Morgan fingerprint density at radius 3 is 2.46 bits per heavy atom. The van der Waals surface area contributed by atoms with Crippen LogP contribution >= 0.6 is 0 Å². The molecule has 0 unspecified atom stereocenters. The van der Waals surface area contributed by atoms with Gasteiger partial charge in [-0.1, -0.05) is 12.1 Å². The maximum absolute atomic E-state index is 12.2. The van der Waals surface area contributed by atoms with Crippen molar-refractivity contribution >= 4 is 21.6 Å². The molecule has 7 nitrogen and oxygen atoms in total. The second-order valence-corrected chi connectivity index (χ2v) is 8.14. The van der Waals surface area contributed by atoms with Crippen molar-refractivity contribution in [2.75, 3.05) is 44.7 Å². The molecule has 3 rings (SSSR count). The van der Waals surface area contributed by atoms with Crippen molar-refractivity contribution in [3.05, 3.63) is 24.3 Å². The molecule has 1 aromatic rings. The lowest BCUT2D eigenvalue weighted by Crippen LogP contribution is -2.50. The van der Waals surface area contributed by atoms with E-state index in [9.17, 15) is 13.2 Å². The van der Waals surface area contributed by atoms with Crippen molar-refractivity contribution in [3.8, 4) is 0 Å². The third-order valence-corrected chi connectivity index (χ3v) is 5.91. The van der Waals surface area contributed by atoms with Gasteiger partial charge in [-0.2, -0.15) is 0 Å². The minimum absolute atomic E-state index is 0.0871. The highest BCUT2D eigenvalue weighted by molar-refractivity contribution is 7.89. The Bertz CT molecular complexity index is 695. The van der Waals surface area contributed by atoms with Crippen LogP contribution in [0.1, 0.15) is 12.8 Å². The number of rotatable bonds is 6. The number of carbonyl (C=O) groups is 1. The number of para-hydroxylation sites is 1. The topological polar surface area (TPSA) is 81.8 Å². The minimum Gasteiger partial charge on any atom is -0.368 e. The van der Waals surface area contributed by atoms with Gasteiger partial charge in [-0.25, -0.2) is 13.1 Å². The van der Waals surface area contributed by atoms with Crippen molar-refractivity contribution < 1.29 is 13.2 Å². The van der Waals surface area contributed by atoms with Crippen molar-refractivity contribution in [1.82, 2.24) is 14.9 Å². The first kappa shape index (κ1) is 17.2. The maximum atomic E-state index is 12.2. The van der Waals surface area contributed by atoms with Gasteiger partial charge in [0.25, 0.3) is 0 Å². The monoisotopic (exact) mass is 352 g/mol. The van der Waals surface area contributed by atoms with Gasteiger partial charge in [0.2, 0.25) is 15.9 Å². The van der Waals surface area contributed by atoms with Gasteiger partial charge in [0.15, 0.2) is 0 Å². The lowest BCUT2D eigenvalue weighted by atomic mass is 10.2. The Morgan fingerprint density at radius 1 is 1.17 bits per heavy atom. The molecule has 1 aromatic carbocycles. The standard InChI is InChI=1S/C16H24N4O3S/c1-17-24(22,23)15-5-3-2-4-14(15)20-10-8-19(9-11-20)12-16(21)18-13-6-7-13/h2-5,13,17H,6-12H2,1H3,(H,18,21). The zero-order valence-electron chi connectivity index (χ0n) is 13.9. The molecule has 24 heavy (non-hydrogen) atoms. The van der Waals surface area contributed by atoms with Crippen molar-refractivity contribution in [3.63, 3.8) is 0 Å². The molecule has 8 heteroatoms. The van der Waals surface area contributed by atoms with Gasteiger partial charge in [-0.05, 0) is 32.0 Å².